The van der Waals surface area contributed by atoms with Crippen LogP contribution in [0, 0.1) is 5.92 Å². The van der Waals surface area contributed by atoms with Gasteiger partial charge in [0.2, 0.25) is 0 Å². The van der Waals surface area contributed by atoms with Gasteiger partial charge < -0.3 is 23.7 Å². The van der Waals surface area contributed by atoms with Gasteiger partial charge in [0.15, 0.2) is 5.79 Å². The van der Waals surface area contributed by atoms with Gasteiger partial charge in [0.05, 0.1) is 6.10 Å². The molecule has 38 heavy (non-hydrogen) atoms. The van der Waals surface area contributed by atoms with Crippen molar-refractivity contribution in [3.05, 3.63) is 47.1 Å². The number of hydrogen-bond donors (Lipinski definition) is 1. The average molecular weight is 545 g/mol. The Morgan fingerprint density at radius 3 is 2.45 bits per heavy atom. The lowest BCUT2D eigenvalue weighted by Crippen LogP contribution is -2.44. The summed E-state index contributed by atoms with van der Waals surface area (Å²) < 4.78 is 25.0. The molecule has 0 saturated carbocycles. The van der Waals surface area contributed by atoms with Crippen LogP contribution >= 0.6 is 0 Å². The Morgan fingerprint density at radius 2 is 1.82 bits per heavy atom. The molecular formula is C31H48O6Si. The highest BCUT2D eigenvalue weighted by Crippen LogP contribution is 2.40. The fourth-order valence-electron chi connectivity index (χ4n) is 4.54. The van der Waals surface area contributed by atoms with Crippen molar-refractivity contribution in [2.45, 2.75) is 123 Å². The van der Waals surface area contributed by atoms with Crippen LogP contribution in [0.25, 0.3) is 6.08 Å². The summed E-state index contributed by atoms with van der Waals surface area (Å²) in [5.41, 5.74) is 2.36. The number of carbonyl (C=O) groups is 1. The molecule has 0 aromatic heterocycles. The zero-order valence-corrected chi connectivity index (χ0v) is 26.0. The number of fused-ring (bicyclic) bond motifs is 2. The molecule has 0 aliphatic carbocycles. The molecule has 1 aromatic rings. The second-order valence-corrected chi connectivity index (χ2v) is 17.5. The molecule has 0 bridgehead atoms. The van der Waals surface area contributed by atoms with Crippen molar-refractivity contribution in [1.29, 1.82) is 0 Å². The van der Waals surface area contributed by atoms with Crippen molar-refractivity contribution in [3.63, 3.8) is 0 Å². The van der Waals surface area contributed by atoms with E-state index in [1.807, 2.05) is 52.0 Å². The van der Waals surface area contributed by atoms with Gasteiger partial charge in [-0.05, 0) is 68.9 Å². The lowest BCUT2D eigenvalue weighted by molar-refractivity contribution is -0.152. The quantitative estimate of drug-likeness (QED) is 0.248. The second kappa shape index (κ2) is 11.7. The van der Waals surface area contributed by atoms with Crippen LogP contribution < -0.4 is 4.43 Å². The van der Waals surface area contributed by atoms with Crippen molar-refractivity contribution >= 4 is 20.4 Å². The molecule has 1 unspecified atom stereocenters. The van der Waals surface area contributed by atoms with Gasteiger partial charge in [-0.1, -0.05) is 71.4 Å². The predicted molar refractivity (Wildman–Crippen MR) is 155 cm³/mol. The minimum Gasteiger partial charge on any atom is -0.543 e. The van der Waals surface area contributed by atoms with E-state index < -0.39 is 38.4 Å². The normalized spacial score (nSPS) is 29.1. The molecule has 1 saturated heterocycles. The minimum absolute atomic E-state index is 0.0308. The highest BCUT2D eigenvalue weighted by atomic mass is 28.4. The van der Waals surface area contributed by atoms with Crippen LogP contribution in [0.4, 0.5) is 0 Å². The number of hydrogen-bond acceptors (Lipinski definition) is 6. The lowest BCUT2D eigenvalue weighted by Gasteiger charge is -2.37. The number of cyclic esters (lactones) is 1. The van der Waals surface area contributed by atoms with Gasteiger partial charge in [-0.3, -0.25) is 0 Å². The van der Waals surface area contributed by atoms with Crippen LogP contribution in [0.3, 0.4) is 0 Å². The molecule has 7 heteroatoms. The van der Waals surface area contributed by atoms with E-state index >= 15 is 0 Å². The molecule has 3 rings (SSSR count). The largest absolute Gasteiger partial charge is 0.543 e. The standard InChI is InChI=1S/C31H48O6Si/c1-11-13-22-18-23-14-12-15-25-28(36-31(7,8)35-25)24(32)17-16-20(2)21(3)34-29(33)27(23)26(19-22)37-38(9,10)30(4,5)6/h12,14,16-21,24-25,28,32H,11,13,15H2,1-10H3/b14-12?,17-16-/t20-,21+,24?,25+,28-/m1/s1. The Kier molecular flexibility index (Phi) is 9.40. The number of ether oxygens (including phenoxy) is 3. The molecule has 2 aliphatic heterocycles. The molecule has 0 radical (unpaired) electrons. The number of aryl methyl sites for hydroxylation is 1. The Morgan fingerprint density at radius 1 is 1.13 bits per heavy atom. The van der Waals surface area contributed by atoms with Crippen molar-refractivity contribution < 1.29 is 28.5 Å². The van der Waals surface area contributed by atoms with E-state index in [0.29, 0.717) is 17.7 Å². The molecule has 0 amide bonds. The van der Waals surface area contributed by atoms with Gasteiger partial charge in [0.1, 0.15) is 29.6 Å². The summed E-state index contributed by atoms with van der Waals surface area (Å²) in [6.07, 6.45) is 7.88. The molecule has 2 aliphatic rings. The number of aliphatic hydroxyl groups is 1. The average Bonchev–Trinajstić information content (AvgIpc) is 3.10. The summed E-state index contributed by atoms with van der Waals surface area (Å²) in [7, 11) is -2.24. The molecule has 1 fully saturated rings. The van der Waals surface area contributed by atoms with E-state index in [-0.39, 0.29) is 17.1 Å². The smallest absolute Gasteiger partial charge is 0.342 e. The SMILES string of the molecule is CCCc1cc2c(c(O[Si](C)(C)C(C)(C)C)c1)C(=O)O[C@@H](C)[C@H](C)/C=C\C(O)[C@H]1OC(C)(C)O[C@H]1CC=C2. The zero-order chi connectivity index (χ0) is 28.5. The van der Waals surface area contributed by atoms with Gasteiger partial charge in [-0.2, -0.15) is 0 Å². The Labute approximate surface area is 230 Å². The van der Waals surface area contributed by atoms with Crippen molar-refractivity contribution in [3.8, 4) is 5.75 Å². The lowest BCUT2D eigenvalue weighted by atomic mass is 9.97. The Bertz CT molecular complexity index is 1050. The van der Waals surface area contributed by atoms with E-state index in [2.05, 4.69) is 46.9 Å². The van der Waals surface area contributed by atoms with E-state index in [0.717, 1.165) is 24.0 Å². The summed E-state index contributed by atoms with van der Waals surface area (Å²) in [4.78, 5) is 13.8. The molecular weight excluding hydrogens is 496 g/mol. The molecule has 0 spiro atoms. The van der Waals surface area contributed by atoms with Crippen molar-refractivity contribution in [2.24, 2.45) is 5.92 Å². The molecule has 1 aromatic carbocycles. The summed E-state index contributed by atoms with van der Waals surface area (Å²) in [5.74, 6) is -0.704. The first-order valence-corrected chi connectivity index (χ1v) is 16.9. The topological polar surface area (TPSA) is 74.2 Å². The molecule has 6 nitrogen and oxygen atoms in total. The fraction of sp³-hybridized carbons (Fsp3) is 0.645. The van der Waals surface area contributed by atoms with Gasteiger partial charge >= 0.3 is 5.97 Å². The van der Waals surface area contributed by atoms with E-state index in [9.17, 15) is 9.90 Å². The summed E-state index contributed by atoms with van der Waals surface area (Å²) in [6, 6.07) is 4.09. The van der Waals surface area contributed by atoms with Gasteiger partial charge in [0, 0.05) is 5.92 Å². The number of esters is 1. The van der Waals surface area contributed by atoms with Crippen molar-refractivity contribution in [1.82, 2.24) is 0 Å². The minimum atomic E-state index is -2.24. The molecule has 5 atom stereocenters. The highest BCUT2D eigenvalue weighted by Gasteiger charge is 2.44. The highest BCUT2D eigenvalue weighted by molar-refractivity contribution is 6.74. The van der Waals surface area contributed by atoms with Crippen LogP contribution in [0.5, 0.6) is 5.75 Å². The third-order valence-electron chi connectivity index (χ3n) is 7.98. The zero-order valence-electron chi connectivity index (χ0n) is 25.0. The van der Waals surface area contributed by atoms with E-state index in [4.69, 9.17) is 18.6 Å². The number of carbonyl (C=O) groups excluding carboxylic acids is 1. The third kappa shape index (κ3) is 7.17. The van der Waals surface area contributed by atoms with Gasteiger partial charge in [0.25, 0.3) is 8.32 Å². The molecule has 2 heterocycles. The Balaban J connectivity index is 2.15. The van der Waals surface area contributed by atoms with E-state index in [1.54, 1.807) is 6.08 Å². The summed E-state index contributed by atoms with van der Waals surface area (Å²) >= 11 is 0. The maximum Gasteiger partial charge on any atom is 0.342 e. The molecule has 1 N–H and O–H groups in total. The van der Waals surface area contributed by atoms with Crippen LogP contribution in [-0.4, -0.2) is 49.6 Å². The number of benzene rings is 1. The number of rotatable bonds is 4. The monoisotopic (exact) mass is 544 g/mol. The summed E-state index contributed by atoms with van der Waals surface area (Å²) in [6.45, 7) is 20.7. The number of aliphatic hydroxyl groups excluding tert-OH is 1. The third-order valence-corrected chi connectivity index (χ3v) is 12.3. The van der Waals surface area contributed by atoms with Crippen LogP contribution in [-0.2, 0) is 20.6 Å². The second-order valence-electron chi connectivity index (χ2n) is 12.8. The molecule has 212 valence electrons. The Hall–Kier alpha value is -1.93. The van der Waals surface area contributed by atoms with E-state index in [1.165, 1.54) is 0 Å². The van der Waals surface area contributed by atoms with Crippen LogP contribution in [0.1, 0.15) is 89.7 Å². The first kappa shape index (κ1) is 30.6. The van der Waals surface area contributed by atoms with Gasteiger partial charge in [-0.25, -0.2) is 4.79 Å². The van der Waals surface area contributed by atoms with Gasteiger partial charge in [-0.15, -0.1) is 0 Å². The fourth-order valence-corrected chi connectivity index (χ4v) is 5.56. The van der Waals surface area contributed by atoms with Crippen molar-refractivity contribution in [2.75, 3.05) is 0 Å². The first-order valence-electron chi connectivity index (χ1n) is 14.0. The predicted octanol–water partition coefficient (Wildman–Crippen LogP) is 7.06. The maximum atomic E-state index is 13.8. The first-order chi connectivity index (χ1) is 17.5. The maximum absolute atomic E-state index is 13.8. The summed E-state index contributed by atoms with van der Waals surface area (Å²) in [5, 5.41) is 10.9. The van der Waals surface area contributed by atoms with Crippen LogP contribution in [0.15, 0.2) is 30.4 Å². The van der Waals surface area contributed by atoms with Crippen LogP contribution in [0.2, 0.25) is 18.1 Å².